The molecular weight excluding hydrogens is 214 g/mol. The number of rotatable bonds is 8. The Hall–Kier alpha value is -0.610. The molecule has 0 aromatic rings. The van der Waals surface area contributed by atoms with Crippen LogP contribution in [0.5, 0.6) is 0 Å². The van der Waals surface area contributed by atoms with Crippen LogP contribution in [-0.4, -0.2) is 42.0 Å². The summed E-state index contributed by atoms with van der Waals surface area (Å²) < 4.78 is 0. The van der Waals surface area contributed by atoms with E-state index in [9.17, 15) is 4.79 Å². The van der Waals surface area contributed by atoms with Gasteiger partial charge in [-0.25, -0.2) is 0 Å². The first-order valence-corrected chi connectivity index (χ1v) is 6.63. The Labute approximate surface area is 105 Å². The van der Waals surface area contributed by atoms with Gasteiger partial charge in [-0.2, -0.15) is 0 Å². The second-order valence-electron chi connectivity index (χ2n) is 5.79. The van der Waals surface area contributed by atoms with Crippen molar-refractivity contribution in [3.05, 3.63) is 0 Å². The van der Waals surface area contributed by atoms with Gasteiger partial charge in [-0.3, -0.25) is 4.79 Å². The Morgan fingerprint density at radius 3 is 2.53 bits per heavy atom. The fourth-order valence-corrected chi connectivity index (χ4v) is 1.88. The molecule has 4 heteroatoms. The van der Waals surface area contributed by atoms with Gasteiger partial charge in [0.05, 0.1) is 5.54 Å². The number of nitrogens with two attached hydrogens (primary N) is 1. The number of carbonyl (C=O) groups is 1. The standard InChI is InChI=1S/C13H27N3O/c1-10(2)16(4)9-5-8-13(3,12(14)17)15-11-6-7-11/h10-11,15H,5-9H2,1-4H3,(H2,14,17). The molecule has 3 N–H and O–H groups in total. The zero-order valence-corrected chi connectivity index (χ0v) is 11.6. The summed E-state index contributed by atoms with van der Waals surface area (Å²) in [4.78, 5) is 13.8. The topological polar surface area (TPSA) is 58.4 Å². The lowest BCUT2D eigenvalue weighted by molar-refractivity contribution is -0.124. The lowest BCUT2D eigenvalue weighted by Gasteiger charge is -2.29. The second-order valence-corrected chi connectivity index (χ2v) is 5.79. The number of hydrogen-bond donors (Lipinski definition) is 2. The first kappa shape index (κ1) is 14.5. The molecule has 1 atom stereocenters. The fourth-order valence-electron chi connectivity index (χ4n) is 1.88. The van der Waals surface area contributed by atoms with Gasteiger partial charge in [0.25, 0.3) is 0 Å². The van der Waals surface area contributed by atoms with E-state index < -0.39 is 5.54 Å². The van der Waals surface area contributed by atoms with Crippen molar-refractivity contribution in [1.29, 1.82) is 0 Å². The molecule has 1 saturated carbocycles. The van der Waals surface area contributed by atoms with Gasteiger partial charge in [-0.1, -0.05) is 0 Å². The molecule has 1 aliphatic rings. The van der Waals surface area contributed by atoms with Crippen molar-refractivity contribution >= 4 is 5.91 Å². The lowest BCUT2D eigenvalue weighted by atomic mass is 9.94. The molecule has 0 heterocycles. The van der Waals surface area contributed by atoms with Crippen LogP contribution in [0.2, 0.25) is 0 Å². The van der Waals surface area contributed by atoms with Gasteiger partial charge in [0.15, 0.2) is 0 Å². The summed E-state index contributed by atoms with van der Waals surface area (Å²) >= 11 is 0. The summed E-state index contributed by atoms with van der Waals surface area (Å²) in [6, 6.07) is 1.06. The van der Waals surface area contributed by atoms with Gasteiger partial charge in [-0.05, 0) is 60.0 Å². The highest BCUT2D eigenvalue weighted by Crippen LogP contribution is 2.24. The quantitative estimate of drug-likeness (QED) is 0.669. The van der Waals surface area contributed by atoms with Gasteiger partial charge in [0, 0.05) is 12.1 Å². The molecule has 17 heavy (non-hydrogen) atoms. The second kappa shape index (κ2) is 5.83. The molecule has 1 unspecified atom stereocenters. The molecule has 0 spiro atoms. The molecule has 1 rings (SSSR count). The molecule has 0 saturated heterocycles. The Kier molecular flexibility index (Phi) is 4.95. The highest BCUT2D eigenvalue weighted by Gasteiger charge is 2.36. The van der Waals surface area contributed by atoms with Crippen LogP contribution in [0.4, 0.5) is 0 Å². The van der Waals surface area contributed by atoms with Crippen LogP contribution in [0.25, 0.3) is 0 Å². The summed E-state index contributed by atoms with van der Waals surface area (Å²) in [5, 5.41) is 3.38. The van der Waals surface area contributed by atoms with Gasteiger partial charge in [0.2, 0.25) is 5.91 Å². The van der Waals surface area contributed by atoms with Crippen LogP contribution in [-0.2, 0) is 4.79 Å². The van der Waals surface area contributed by atoms with Crippen molar-refractivity contribution in [2.75, 3.05) is 13.6 Å². The maximum atomic E-state index is 11.5. The van der Waals surface area contributed by atoms with Crippen molar-refractivity contribution in [2.24, 2.45) is 5.73 Å². The largest absolute Gasteiger partial charge is 0.368 e. The maximum Gasteiger partial charge on any atom is 0.237 e. The molecule has 100 valence electrons. The summed E-state index contributed by atoms with van der Waals surface area (Å²) in [5.74, 6) is -0.225. The Morgan fingerprint density at radius 2 is 2.12 bits per heavy atom. The Balaban J connectivity index is 2.36. The third-order valence-electron chi connectivity index (χ3n) is 3.71. The number of carbonyl (C=O) groups excluding carboxylic acids is 1. The number of amides is 1. The van der Waals surface area contributed by atoms with Crippen LogP contribution >= 0.6 is 0 Å². The highest BCUT2D eigenvalue weighted by molar-refractivity contribution is 5.84. The molecule has 0 aromatic heterocycles. The minimum absolute atomic E-state index is 0.225. The predicted molar refractivity (Wildman–Crippen MR) is 70.8 cm³/mol. The van der Waals surface area contributed by atoms with E-state index in [1.807, 2.05) is 6.92 Å². The summed E-state index contributed by atoms with van der Waals surface area (Å²) in [5.41, 5.74) is 4.98. The molecule has 0 aliphatic heterocycles. The average molecular weight is 241 g/mol. The van der Waals surface area contributed by atoms with Crippen molar-refractivity contribution in [3.63, 3.8) is 0 Å². The molecule has 1 amide bonds. The zero-order chi connectivity index (χ0) is 13.1. The van der Waals surface area contributed by atoms with E-state index in [0.29, 0.717) is 12.1 Å². The molecule has 4 nitrogen and oxygen atoms in total. The molecule has 0 aromatic carbocycles. The van der Waals surface area contributed by atoms with Gasteiger partial charge in [0.1, 0.15) is 0 Å². The number of primary amides is 1. The normalized spacial score (nSPS) is 19.6. The first-order chi connectivity index (χ1) is 7.85. The monoisotopic (exact) mass is 241 g/mol. The van der Waals surface area contributed by atoms with Gasteiger partial charge in [-0.15, -0.1) is 0 Å². The van der Waals surface area contributed by atoms with E-state index in [2.05, 4.69) is 31.1 Å². The predicted octanol–water partition coefficient (Wildman–Crippen LogP) is 1.10. The van der Waals surface area contributed by atoms with Gasteiger partial charge >= 0.3 is 0 Å². The zero-order valence-electron chi connectivity index (χ0n) is 11.6. The minimum atomic E-state index is -0.529. The molecule has 1 fully saturated rings. The van der Waals surface area contributed by atoms with Crippen LogP contribution in [0.3, 0.4) is 0 Å². The first-order valence-electron chi connectivity index (χ1n) is 6.63. The molecule has 0 radical (unpaired) electrons. The van der Waals surface area contributed by atoms with Crippen LogP contribution < -0.4 is 11.1 Å². The fraction of sp³-hybridized carbons (Fsp3) is 0.923. The number of nitrogens with zero attached hydrogens (tertiary/aromatic N) is 1. The summed E-state index contributed by atoms with van der Waals surface area (Å²) in [6.45, 7) is 7.29. The summed E-state index contributed by atoms with van der Waals surface area (Å²) in [6.07, 6.45) is 4.16. The van der Waals surface area contributed by atoms with E-state index in [-0.39, 0.29) is 5.91 Å². The van der Waals surface area contributed by atoms with Crippen molar-refractivity contribution in [3.8, 4) is 0 Å². The van der Waals surface area contributed by atoms with Crippen molar-refractivity contribution in [1.82, 2.24) is 10.2 Å². The molecule has 0 bridgehead atoms. The van der Waals surface area contributed by atoms with Gasteiger partial charge < -0.3 is 16.0 Å². The average Bonchev–Trinajstić information content (AvgIpc) is 3.00. The van der Waals surface area contributed by atoms with Crippen LogP contribution in [0.15, 0.2) is 0 Å². The molecule has 1 aliphatic carbocycles. The SMILES string of the molecule is CC(C)N(C)CCCC(C)(NC1CC1)C(N)=O. The van der Waals surface area contributed by atoms with Crippen LogP contribution in [0.1, 0.15) is 46.5 Å². The maximum absolute atomic E-state index is 11.5. The number of hydrogen-bond acceptors (Lipinski definition) is 3. The minimum Gasteiger partial charge on any atom is -0.368 e. The highest BCUT2D eigenvalue weighted by atomic mass is 16.1. The van der Waals surface area contributed by atoms with E-state index >= 15 is 0 Å². The smallest absolute Gasteiger partial charge is 0.237 e. The Bertz CT molecular complexity index is 263. The van der Waals surface area contributed by atoms with Crippen molar-refractivity contribution in [2.45, 2.75) is 64.1 Å². The van der Waals surface area contributed by atoms with E-state index in [0.717, 1.165) is 19.4 Å². The van der Waals surface area contributed by atoms with Crippen molar-refractivity contribution < 1.29 is 4.79 Å². The lowest BCUT2D eigenvalue weighted by Crippen LogP contribution is -2.54. The summed E-state index contributed by atoms with van der Waals surface area (Å²) in [7, 11) is 2.11. The van der Waals surface area contributed by atoms with E-state index in [1.165, 1.54) is 12.8 Å². The third kappa shape index (κ3) is 4.64. The third-order valence-corrected chi connectivity index (χ3v) is 3.71. The van der Waals surface area contributed by atoms with E-state index in [1.54, 1.807) is 0 Å². The number of nitrogens with one attached hydrogen (secondary N) is 1. The molecular formula is C13H27N3O. The Morgan fingerprint density at radius 1 is 1.53 bits per heavy atom. The van der Waals surface area contributed by atoms with Crippen LogP contribution in [0, 0.1) is 0 Å². The van der Waals surface area contributed by atoms with E-state index in [4.69, 9.17) is 5.73 Å².